The summed E-state index contributed by atoms with van der Waals surface area (Å²) in [6.07, 6.45) is 3.19. The molecule has 0 fully saturated rings. The van der Waals surface area contributed by atoms with E-state index < -0.39 is 11.6 Å². The zero-order chi connectivity index (χ0) is 14.0. The number of Topliss-reactive ketones (excluding diaryl/α,β-unsaturated/α-hetero) is 2. The van der Waals surface area contributed by atoms with Gasteiger partial charge in [-0.05, 0) is 31.1 Å². The minimum absolute atomic E-state index is 0.0527. The zero-order valence-electron chi connectivity index (χ0n) is 10.8. The minimum Gasteiger partial charge on any atom is -0.507 e. The largest absolute Gasteiger partial charge is 0.507 e. The van der Waals surface area contributed by atoms with Gasteiger partial charge in [0.15, 0.2) is 0 Å². The molecule has 1 aliphatic rings. The van der Waals surface area contributed by atoms with Crippen LogP contribution in [0.25, 0.3) is 6.08 Å². The Kier molecular flexibility index (Phi) is 3.47. The monoisotopic (exact) mass is 254 g/mol. The van der Waals surface area contributed by atoms with Gasteiger partial charge in [0.25, 0.3) is 0 Å². The predicted octanol–water partition coefficient (Wildman–Crippen LogP) is 3.00. The Labute approximate surface area is 111 Å². The van der Waals surface area contributed by atoms with Crippen molar-refractivity contribution < 1.29 is 14.7 Å². The molecule has 0 saturated carbocycles. The van der Waals surface area contributed by atoms with Crippen molar-refractivity contribution in [2.45, 2.75) is 13.8 Å². The molecule has 1 aliphatic carbocycles. The highest BCUT2D eigenvalue weighted by Gasteiger charge is 2.29. The van der Waals surface area contributed by atoms with Gasteiger partial charge in [0.05, 0.1) is 5.57 Å². The van der Waals surface area contributed by atoms with Gasteiger partial charge in [0, 0.05) is 5.57 Å². The van der Waals surface area contributed by atoms with Crippen LogP contribution in [0.4, 0.5) is 0 Å². The Morgan fingerprint density at radius 2 is 1.53 bits per heavy atom. The first kappa shape index (κ1) is 13.0. The summed E-state index contributed by atoms with van der Waals surface area (Å²) in [6.45, 7) is 3.18. The fourth-order valence-electron chi connectivity index (χ4n) is 1.85. The third kappa shape index (κ3) is 2.40. The molecule has 0 bridgehead atoms. The fraction of sp³-hybridized carbons (Fsp3) is 0.125. The minimum atomic E-state index is -0.659. The van der Waals surface area contributed by atoms with Crippen LogP contribution in [0.1, 0.15) is 19.4 Å². The lowest BCUT2D eigenvalue weighted by Gasteiger charge is -2.14. The Hall–Kier alpha value is -2.42. The fourth-order valence-corrected chi connectivity index (χ4v) is 1.85. The van der Waals surface area contributed by atoms with Gasteiger partial charge in [0.1, 0.15) is 5.76 Å². The van der Waals surface area contributed by atoms with Crippen molar-refractivity contribution in [1.82, 2.24) is 0 Å². The van der Waals surface area contributed by atoms with Crippen LogP contribution in [0.15, 0.2) is 58.9 Å². The van der Waals surface area contributed by atoms with Crippen molar-refractivity contribution in [3.8, 4) is 0 Å². The number of hydrogen-bond donors (Lipinski definition) is 1. The molecule has 3 heteroatoms. The molecule has 96 valence electrons. The van der Waals surface area contributed by atoms with Crippen LogP contribution in [0, 0.1) is 0 Å². The molecule has 0 aromatic heterocycles. The van der Waals surface area contributed by atoms with Crippen molar-refractivity contribution in [1.29, 1.82) is 0 Å². The summed E-state index contributed by atoms with van der Waals surface area (Å²) in [5, 5.41) is 9.97. The first-order valence-electron chi connectivity index (χ1n) is 5.95. The van der Waals surface area contributed by atoms with Gasteiger partial charge in [-0.15, -0.1) is 0 Å². The van der Waals surface area contributed by atoms with Crippen LogP contribution in [0.3, 0.4) is 0 Å². The normalized spacial score (nSPS) is 16.7. The van der Waals surface area contributed by atoms with Crippen molar-refractivity contribution in [2.75, 3.05) is 0 Å². The number of hydrogen-bond acceptors (Lipinski definition) is 3. The van der Waals surface area contributed by atoms with E-state index in [9.17, 15) is 14.7 Å². The number of allylic oxidation sites excluding steroid dienone is 4. The summed E-state index contributed by atoms with van der Waals surface area (Å²) in [5.74, 6) is -1.33. The highest BCUT2D eigenvalue weighted by atomic mass is 16.3. The standard InChI is InChI=1S/C16H14O3/c1-10-11(2)15(18)16(19)13(14(10)17)9-8-12-6-4-3-5-7-12/h3-9,17H,1-2H3/b9-8+. The Balaban J connectivity index is 2.41. The molecule has 0 spiro atoms. The quantitative estimate of drug-likeness (QED) is 0.652. The van der Waals surface area contributed by atoms with E-state index in [0.717, 1.165) is 5.56 Å². The van der Waals surface area contributed by atoms with Gasteiger partial charge in [-0.25, -0.2) is 0 Å². The average Bonchev–Trinajstić information content (AvgIpc) is 2.44. The van der Waals surface area contributed by atoms with Gasteiger partial charge < -0.3 is 5.11 Å². The predicted molar refractivity (Wildman–Crippen MR) is 73.5 cm³/mol. The van der Waals surface area contributed by atoms with E-state index >= 15 is 0 Å². The van der Waals surface area contributed by atoms with Crippen molar-refractivity contribution >= 4 is 17.6 Å². The highest BCUT2D eigenvalue weighted by molar-refractivity contribution is 6.50. The second-order valence-electron chi connectivity index (χ2n) is 4.41. The van der Waals surface area contributed by atoms with E-state index in [1.165, 1.54) is 6.08 Å². The highest BCUT2D eigenvalue weighted by Crippen LogP contribution is 2.25. The van der Waals surface area contributed by atoms with Crippen molar-refractivity contribution in [3.05, 3.63) is 64.4 Å². The van der Waals surface area contributed by atoms with Crippen LogP contribution >= 0.6 is 0 Å². The molecular weight excluding hydrogens is 240 g/mol. The van der Waals surface area contributed by atoms with Crippen molar-refractivity contribution in [2.24, 2.45) is 0 Å². The molecule has 0 aliphatic heterocycles. The molecule has 0 saturated heterocycles. The number of carbonyl (C=O) groups is 2. The van der Waals surface area contributed by atoms with Crippen LogP contribution in [-0.2, 0) is 9.59 Å². The number of aliphatic hydroxyl groups is 1. The Morgan fingerprint density at radius 1 is 0.895 bits per heavy atom. The van der Waals surface area contributed by atoms with E-state index in [2.05, 4.69) is 0 Å². The van der Waals surface area contributed by atoms with E-state index in [4.69, 9.17) is 0 Å². The van der Waals surface area contributed by atoms with Gasteiger partial charge in [-0.2, -0.15) is 0 Å². The van der Waals surface area contributed by atoms with E-state index in [-0.39, 0.29) is 11.3 Å². The SMILES string of the molecule is CC1=C(C)C(O)=C(/C=C/c2ccccc2)C(=O)C1=O. The Bertz CT molecular complexity index is 631. The number of ketones is 2. The first-order chi connectivity index (χ1) is 9.02. The second-order valence-corrected chi connectivity index (χ2v) is 4.41. The lowest BCUT2D eigenvalue weighted by atomic mass is 9.89. The lowest BCUT2D eigenvalue weighted by Crippen LogP contribution is -2.23. The first-order valence-corrected chi connectivity index (χ1v) is 5.95. The topological polar surface area (TPSA) is 54.4 Å². The Morgan fingerprint density at radius 3 is 2.16 bits per heavy atom. The zero-order valence-corrected chi connectivity index (χ0v) is 10.8. The maximum Gasteiger partial charge on any atom is 0.236 e. The summed E-state index contributed by atoms with van der Waals surface area (Å²) in [5.41, 5.74) is 1.71. The molecule has 1 aromatic rings. The second kappa shape index (κ2) is 5.06. The van der Waals surface area contributed by atoms with E-state index in [1.807, 2.05) is 30.3 Å². The van der Waals surface area contributed by atoms with Gasteiger partial charge in [-0.3, -0.25) is 9.59 Å². The molecule has 0 atom stereocenters. The molecule has 1 N–H and O–H groups in total. The third-order valence-electron chi connectivity index (χ3n) is 3.21. The molecule has 19 heavy (non-hydrogen) atoms. The number of rotatable bonds is 2. The molecule has 2 rings (SSSR count). The van der Waals surface area contributed by atoms with Crippen LogP contribution in [0.5, 0.6) is 0 Å². The maximum absolute atomic E-state index is 11.9. The smallest absolute Gasteiger partial charge is 0.236 e. The summed E-state index contributed by atoms with van der Waals surface area (Å²) >= 11 is 0. The molecule has 0 amide bonds. The van der Waals surface area contributed by atoms with Gasteiger partial charge in [-0.1, -0.05) is 36.4 Å². The third-order valence-corrected chi connectivity index (χ3v) is 3.21. The molecule has 1 aromatic carbocycles. The molecular formula is C16H14O3. The number of carbonyl (C=O) groups excluding carboxylic acids is 2. The van der Waals surface area contributed by atoms with Crippen LogP contribution in [-0.4, -0.2) is 16.7 Å². The molecule has 3 nitrogen and oxygen atoms in total. The number of benzene rings is 1. The molecule has 0 heterocycles. The van der Waals surface area contributed by atoms with Crippen molar-refractivity contribution in [3.63, 3.8) is 0 Å². The molecule has 0 radical (unpaired) electrons. The van der Waals surface area contributed by atoms with E-state index in [1.54, 1.807) is 19.9 Å². The van der Waals surface area contributed by atoms with Crippen LogP contribution < -0.4 is 0 Å². The molecule has 0 unspecified atom stereocenters. The lowest BCUT2D eigenvalue weighted by molar-refractivity contribution is -0.132. The van der Waals surface area contributed by atoms with Crippen LogP contribution in [0.2, 0.25) is 0 Å². The summed E-state index contributed by atoms with van der Waals surface area (Å²) in [6, 6.07) is 9.38. The van der Waals surface area contributed by atoms with E-state index in [0.29, 0.717) is 11.1 Å². The number of aliphatic hydroxyl groups excluding tert-OH is 1. The summed E-state index contributed by atoms with van der Waals surface area (Å²) < 4.78 is 0. The summed E-state index contributed by atoms with van der Waals surface area (Å²) in [7, 11) is 0. The average molecular weight is 254 g/mol. The van der Waals surface area contributed by atoms with Gasteiger partial charge in [0.2, 0.25) is 11.6 Å². The summed E-state index contributed by atoms with van der Waals surface area (Å²) in [4.78, 5) is 23.6. The maximum atomic E-state index is 11.9. The van der Waals surface area contributed by atoms with Gasteiger partial charge >= 0.3 is 0 Å².